The van der Waals surface area contributed by atoms with Crippen molar-refractivity contribution in [1.29, 1.82) is 0 Å². The van der Waals surface area contributed by atoms with Crippen LogP contribution in [-0.4, -0.2) is 23.0 Å². The molecule has 1 atom stereocenters. The maximum atomic E-state index is 14.2. The van der Waals surface area contributed by atoms with Gasteiger partial charge in [-0.2, -0.15) is 5.10 Å². The van der Waals surface area contributed by atoms with Gasteiger partial charge in [0.2, 0.25) is 0 Å². The number of fused-ring (bicyclic) bond motifs is 1. The average molecular weight is 419 g/mol. The number of halogens is 2. The third-order valence-corrected chi connectivity index (χ3v) is 6.52. The molecule has 0 saturated heterocycles. The van der Waals surface area contributed by atoms with Gasteiger partial charge in [0, 0.05) is 29.0 Å². The van der Waals surface area contributed by atoms with E-state index in [0.29, 0.717) is 17.9 Å². The highest BCUT2D eigenvalue weighted by molar-refractivity contribution is 6.04. The van der Waals surface area contributed by atoms with Crippen molar-refractivity contribution in [2.45, 2.75) is 31.1 Å². The monoisotopic (exact) mass is 419 g/mol. The molecule has 0 bridgehead atoms. The number of hydrogen-bond acceptors (Lipinski definition) is 3. The smallest absolute Gasteiger partial charge is 0.159 e. The first kappa shape index (κ1) is 19.7. The zero-order valence-corrected chi connectivity index (χ0v) is 17.2. The van der Waals surface area contributed by atoms with Gasteiger partial charge in [-0.1, -0.05) is 60.1 Å². The van der Waals surface area contributed by atoms with Gasteiger partial charge in [-0.3, -0.25) is 5.10 Å². The summed E-state index contributed by atoms with van der Waals surface area (Å²) in [6.07, 6.45) is 7.99. The molecule has 0 spiro atoms. The lowest BCUT2D eigenvalue weighted by molar-refractivity contribution is 0.208. The van der Waals surface area contributed by atoms with Gasteiger partial charge in [-0.15, -0.1) is 0 Å². The molecular weight excluding hydrogens is 396 g/mol. The fourth-order valence-corrected chi connectivity index (χ4v) is 4.62. The van der Waals surface area contributed by atoms with Gasteiger partial charge in [0.15, 0.2) is 11.6 Å². The molecular formula is C25H23F2N3O. The minimum atomic E-state index is -0.850. The summed E-state index contributed by atoms with van der Waals surface area (Å²) in [6.45, 7) is 0. The van der Waals surface area contributed by atoms with Crippen LogP contribution in [0, 0.1) is 17.6 Å². The topological polar surface area (TPSA) is 50.3 Å². The Bertz CT molecular complexity index is 1160. The summed E-state index contributed by atoms with van der Waals surface area (Å²) in [5.41, 5.74) is 4.66. The fourth-order valence-electron chi connectivity index (χ4n) is 4.62. The van der Waals surface area contributed by atoms with E-state index in [1.807, 2.05) is 36.4 Å². The molecule has 1 saturated carbocycles. The molecule has 4 nitrogen and oxygen atoms in total. The van der Waals surface area contributed by atoms with Crippen LogP contribution in [0.25, 0.3) is 6.08 Å². The molecule has 0 amide bonds. The summed E-state index contributed by atoms with van der Waals surface area (Å²) in [7, 11) is 1.55. The molecule has 1 aromatic heterocycles. The number of rotatable bonds is 5. The van der Waals surface area contributed by atoms with E-state index >= 15 is 0 Å². The summed E-state index contributed by atoms with van der Waals surface area (Å²) in [5, 5.41) is 12.0. The lowest BCUT2D eigenvalue weighted by Gasteiger charge is -2.34. The molecule has 1 N–H and O–H groups in total. The number of nitrogens with zero attached hydrogens (tertiary/aromatic N) is 2. The highest BCUT2D eigenvalue weighted by Crippen LogP contribution is 2.43. The minimum absolute atomic E-state index is 0.354. The van der Waals surface area contributed by atoms with Crippen LogP contribution >= 0.6 is 0 Å². The first-order chi connectivity index (χ1) is 15.1. The number of aromatic nitrogens is 2. The summed E-state index contributed by atoms with van der Waals surface area (Å²) in [6, 6.07) is 14.0. The summed E-state index contributed by atoms with van der Waals surface area (Å²) < 4.78 is 27.9. The fraction of sp³-hybridized carbons (Fsp3) is 0.280. The second-order valence-corrected chi connectivity index (χ2v) is 8.23. The van der Waals surface area contributed by atoms with Gasteiger partial charge < -0.3 is 4.84 Å². The Kier molecular flexibility index (Phi) is 4.93. The Morgan fingerprint density at radius 2 is 1.90 bits per heavy atom. The standard InChI is InChI=1S/C25H23F2N3O/c1-31-30-23(16-6-5-7-16)24-19-12-13-25(15-22(19)28-29-24,17-8-3-2-4-9-17)18-10-11-20(26)21(27)14-18/h2-4,8-14,16H,5-7,15H2,1H3,(H,28,29). The first-order valence-corrected chi connectivity index (χ1v) is 10.5. The average Bonchev–Trinajstić information content (AvgIpc) is 3.17. The maximum absolute atomic E-state index is 14.2. The van der Waals surface area contributed by atoms with Crippen molar-refractivity contribution in [2.24, 2.45) is 11.1 Å². The summed E-state index contributed by atoms with van der Waals surface area (Å²) in [4.78, 5) is 5.11. The molecule has 1 fully saturated rings. The van der Waals surface area contributed by atoms with E-state index in [9.17, 15) is 8.78 Å². The van der Waals surface area contributed by atoms with E-state index < -0.39 is 17.0 Å². The lowest BCUT2D eigenvalue weighted by Crippen LogP contribution is -2.31. The van der Waals surface area contributed by atoms with Crippen LogP contribution in [0.2, 0.25) is 0 Å². The van der Waals surface area contributed by atoms with Crippen molar-refractivity contribution >= 4 is 11.8 Å². The Balaban J connectivity index is 1.62. The van der Waals surface area contributed by atoms with Gasteiger partial charge in [-0.25, -0.2) is 8.78 Å². The number of hydrogen-bond donors (Lipinski definition) is 1. The van der Waals surface area contributed by atoms with Crippen molar-refractivity contribution in [1.82, 2.24) is 10.2 Å². The van der Waals surface area contributed by atoms with Crippen molar-refractivity contribution in [3.8, 4) is 0 Å². The largest absolute Gasteiger partial charge is 0.399 e. The maximum Gasteiger partial charge on any atom is 0.159 e. The van der Waals surface area contributed by atoms with Gasteiger partial charge in [-0.05, 0) is 36.1 Å². The molecule has 2 aromatic carbocycles. The van der Waals surface area contributed by atoms with Gasteiger partial charge >= 0.3 is 0 Å². The Morgan fingerprint density at radius 3 is 2.58 bits per heavy atom. The van der Waals surface area contributed by atoms with Crippen LogP contribution in [0.1, 0.15) is 47.3 Å². The summed E-state index contributed by atoms with van der Waals surface area (Å²) >= 11 is 0. The lowest BCUT2D eigenvalue weighted by atomic mass is 9.68. The molecule has 1 unspecified atom stereocenters. The SMILES string of the molecule is CON=C(c1n[nH]c2c1C=CC(c1ccccc1)(c1ccc(F)c(F)c1)C2)C1CCC1. The number of oxime groups is 1. The summed E-state index contributed by atoms with van der Waals surface area (Å²) in [5.74, 6) is -1.35. The van der Waals surface area contributed by atoms with Crippen molar-refractivity contribution in [2.75, 3.05) is 7.11 Å². The highest BCUT2D eigenvalue weighted by Gasteiger charge is 2.38. The molecule has 3 aromatic rings. The van der Waals surface area contributed by atoms with E-state index in [-0.39, 0.29) is 0 Å². The number of nitrogens with one attached hydrogen (secondary N) is 1. The molecule has 0 radical (unpaired) electrons. The van der Waals surface area contributed by atoms with E-state index in [0.717, 1.165) is 41.1 Å². The first-order valence-electron chi connectivity index (χ1n) is 10.5. The van der Waals surface area contributed by atoms with E-state index in [4.69, 9.17) is 4.84 Å². The van der Waals surface area contributed by atoms with Gasteiger partial charge in [0.1, 0.15) is 18.5 Å². The minimum Gasteiger partial charge on any atom is -0.399 e. The van der Waals surface area contributed by atoms with Gasteiger partial charge in [0.25, 0.3) is 0 Å². The Labute approximate surface area is 179 Å². The van der Waals surface area contributed by atoms with Crippen molar-refractivity contribution in [3.05, 3.63) is 94.3 Å². The number of benzene rings is 2. The molecule has 158 valence electrons. The number of aromatic amines is 1. The predicted molar refractivity (Wildman–Crippen MR) is 116 cm³/mol. The number of allylic oxidation sites excluding steroid dienone is 1. The molecule has 31 heavy (non-hydrogen) atoms. The van der Waals surface area contributed by atoms with Crippen molar-refractivity contribution < 1.29 is 13.6 Å². The third-order valence-electron chi connectivity index (χ3n) is 6.52. The quantitative estimate of drug-likeness (QED) is 0.445. The van der Waals surface area contributed by atoms with Crippen LogP contribution < -0.4 is 0 Å². The van der Waals surface area contributed by atoms with Crippen LogP contribution in [0.5, 0.6) is 0 Å². The molecule has 2 aliphatic carbocycles. The molecule has 0 aliphatic heterocycles. The van der Waals surface area contributed by atoms with Crippen LogP contribution in [0.15, 0.2) is 59.8 Å². The molecule has 1 heterocycles. The van der Waals surface area contributed by atoms with Crippen LogP contribution in [-0.2, 0) is 16.7 Å². The van der Waals surface area contributed by atoms with E-state index in [2.05, 4.69) is 21.4 Å². The molecule has 6 heteroatoms. The Hall–Kier alpha value is -3.28. The normalized spacial score (nSPS) is 20.9. The second kappa shape index (κ2) is 7.76. The number of H-pyrrole nitrogens is 1. The zero-order valence-electron chi connectivity index (χ0n) is 17.2. The van der Waals surface area contributed by atoms with Crippen LogP contribution in [0.3, 0.4) is 0 Å². The van der Waals surface area contributed by atoms with Crippen molar-refractivity contribution in [3.63, 3.8) is 0 Å². The predicted octanol–water partition coefficient (Wildman–Crippen LogP) is 5.39. The van der Waals surface area contributed by atoms with Crippen LogP contribution in [0.4, 0.5) is 8.78 Å². The zero-order chi connectivity index (χ0) is 21.4. The molecule has 2 aliphatic rings. The van der Waals surface area contributed by atoms with Gasteiger partial charge in [0.05, 0.1) is 0 Å². The second-order valence-electron chi connectivity index (χ2n) is 8.23. The molecule has 5 rings (SSSR count). The van der Waals surface area contributed by atoms with E-state index in [1.165, 1.54) is 18.6 Å². The Morgan fingerprint density at radius 1 is 1.10 bits per heavy atom. The van der Waals surface area contributed by atoms with E-state index in [1.54, 1.807) is 13.2 Å². The third kappa shape index (κ3) is 3.26. The highest BCUT2D eigenvalue weighted by atomic mass is 19.2.